The van der Waals surface area contributed by atoms with E-state index in [1.165, 1.54) is 30.0 Å². The summed E-state index contributed by atoms with van der Waals surface area (Å²) in [5.74, 6) is -0.873. The van der Waals surface area contributed by atoms with Gasteiger partial charge in [0.1, 0.15) is 0 Å². The Hall–Kier alpha value is -2.94. The molecule has 0 spiro atoms. The number of aliphatic hydroxyl groups excluding tert-OH is 1. The fourth-order valence-corrected chi connectivity index (χ4v) is 6.45. The highest BCUT2D eigenvalue weighted by Crippen LogP contribution is 2.42. The van der Waals surface area contributed by atoms with Crippen molar-refractivity contribution in [3.8, 4) is 0 Å². The monoisotopic (exact) mass is 574 g/mol. The van der Waals surface area contributed by atoms with Crippen LogP contribution in [-0.2, 0) is 14.6 Å². The molecule has 210 valence electrons. The Labute approximate surface area is 259 Å². The van der Waals surface area contributed by atoms with Crippen LogP contribution in [0, 0.1) is 0 Å². The van der Waals surface area contributed by atoms with Crippen LogP contribution in [0.4, 0.5) is 0 Å². The SMILES string of the molecule is CC/C=C/C(=O)O.CCCO.CCOOC=C=P(c1ccccc1)(c1ccccc1)c1ccccc1.[B][B].[B][B][B][B]. The molecule has 0 unspecified atom stereocenters. The number of carboxylic acids is 1. The maximum atomic E-state index is 9.67. The Morgan fingerprint density at radius 3 is 1.45 bits per heavy atom. The standard InChI is InChI=1S/C22H21O2P.C5H8O2.C3H8O.B4.B2/c1-2-23-24-18-19-25(20-12-6-3-7-13-20,21-14-8-4-9-15-21)22-16-10-5-11-17-22;1-2-3-4-5(6)7;1-2-3-4;1-3-4-2;1-2/h3-18H,2H2,1H3;3-4H,2H2,1H3,(H,6,7);4H,2-3H2,1H3;;/b;4-3+;;;. The molecular weight excluding hydrogens is 536 g/mol. The summed E-state index contributed by atoms with van der Waals surface area (Å²) >= 11 is 0. The van der Waals surface area contributed by atoms with Crippen molar-refractivity contribution < 1.29 is 24.8 Å². The molecule has 12 heteroatoms. The summed E-state index contributed by atoms with van der Waals surface area (Å²) in [5.41, 5.74) is 3.56. The lowest BCUT2D eigenvalue weighted by Crippen LogP contribution is -2.25. The molecular formula is C30H37B6O5P. The van der Waals surface area contributed by atoms with Gasteiger partial charge in [0, 0.05) is 64.6 Å². The van der Waals surface area contributed by atoms with Crippen molar-refractivity contribution in [2.24, 2.45) is 0 Å². The van der Waals surface area contributed by atoms with Crippen LogP contribution < -0.4 is 15.9 Å². The molecule has 0 saturated heterocycles. The van der Waals surface area contributed by atoms with Crippen molar-refractivity contribution in [3.05, 3.63) is 109 Å². The normalized spacial score (nSPS) is 9.33. The Morgan fingerprint density at radius 1 is 0.833 bits per heavy atom. The second-order valence-electron chi connectivity index (χ2n) is 7.68. The van der Waals surface area contributed by atoms with Gasteiger partial charge in [-0.2, -0.15) is 4.89 Å². The Bertz CT molecular complexity index is 1040. The summed E-state index contributed by atoms with van der Waals surface area (Å²) in [6.45, 7) is 4.42. The quantitative estimate of drug-likeness (QED) is 0.0743. The number of aliphatic carboxylic acids is 1. The number of hydrogen-bond donors (Lipinski definition) is 2. The van der Waals surface area contributed by atoms with Gasteiger partial charge in [0.25, 0.3) is 0 Å². The predicted molar refractivity (Wildman–Crippen MR) is 186 cm³/mol. The number of rotatable bonds is 10. The summed E-state index contributed by atoms with van der Waals surface area (Å²) in [5, 5.41) is 19.5. The largest absolute Gasteiger partial charge is 0.478 e. The molecule has 0 atom stereocenters. The third-order valence-electron chi connectivity index (χ3n) is 4.74. The molecule has 2 N–H and O–H groups in total. The van der Waals surface area contributed by atoms with Crippen molar-refractivity contribution in [1.82, 2.24) is 0 Å². The van der Waals surface area contributed by atoms with Crippen molar-refractivity contribution in [2.45, 2.75) is 33.6 Å². The zero-order valence-electron chi connectivity index (χ0n) is 24.8. The third kappa shape index (κ3) is 17.8. The summed E-state index contributed by atoms with van der Waals surface area (Å²) in [7, 11) is 20.0. The van der Waals surface area contributed by atoms with Crippen LogP contribution in [0.1, 0.15) is 33.6 Å². The Balaban J connectivity index is 0. The van der Waals surface area contributed by atoms with Crippen molar-refractivity contribution in [2.75, 3.05) is 13.2 Å². The van der Waals surface area contributed by atoms with Gasteiger partial charge in [0.2, 0.25) is 0 Å². The van der Waals surface area contributed by atoms with Gasteiger partial charge in [0.15, 0.2) is 6.26 Å². The number of carbonyl (C=O) groups is 1. The predicted octanol–water partition coefficient (Wildman–Crippen LogP) is 3.00. The average molecular weight is 573 g/mol. The number of benzene rings is 3. The van der Waals surface area contributed by atoms with E-state index in [-0.39, 0.29) is 0 Å². The lowest BCUT2D eigenvalue weighted by Gasteiger charge is -2.25. The van der Waals surface area contributed by atoms with Gasteiger partial charge >= 0.3 is 5.97 Å². The van der Waals surface area contributed by atoms with E-state index in [0.717, 1.165) is 18.9 Å². The smallest absolute Gasteiger partial charge is 0.327 e. The highest BCUT2D eigenvalue weighted by Gasteiger charge is 2.24. The minimum absolute atomic E-state index is 0.319. The van der Waals surface area contributed by atoms with Crippen LogP contribution >= 0.6 is 6.89 Å². The molecule has 0 aromatic heterocycles. The topological polar surface area (TPSA) is 76.0 Å². The molecule has 0 fully saturated rings. The molecule has 3 aromatic carbocycles. The lowest BCUT2D eigenvalue weighted by atomic mass is 9.19. The van der Waals surface area contributed by atoms with Crippen LogP contribution in [0.15, 0.2) is 109 Å². The maximum absolute atomic E-state index is 9.67. The summed E-state index contributed by atoms with van der Waals surface area (Å²) < 4.78 is 0. The highest BCUT2D eigenvalue weighted by molar-refractivity contribution is 7.94. The number of allylic oxidation sites excluding steroid dienone is 1. The van der Waals surface area contributed by atoms with E-state index < -0.39 is 12.9 Å². The summed E-state index contributed by atoms with van der Waals surface area (Å²) in [4.78, 5) is 19.9. The van der Waals surface area contributed by atoms with Crippen LogP contribution in [0.5, 0.6) is 0 Å². The summed E-state index contributed by atoms with van der Waals surface area (Å²) in [6, 6.07) is 31.5. The average Bonchev–Trinajstić information content (AvgIpc) is 3.06. The molecule has 0 aliphatic heterocycles. The van der Waals surface area contributed by atoms with Gasteiger partial charge in [-0.3, -0.25) is 0 Å². The van der Waals surface area contributed by atoms with E-state index in [2.05, 4.69) is 93.7 Å². The van der Waals surface area contributed by atoms with Gasteiger partial charge in [-0.15, -0.1) is 0 Å². The van der Waals surface area contributed by atoms with Gasteiger partial charge < -0.3 is 15.1 Å². The minimum atomic E-state index is -2.10. The molecule has 0 bridgehead atoms. The number of hydrogen-bond acceptors (Lipinski definition) is 4. The minimum Gasteiger partial charge on any atom is -0.478 e. The molecule has 0 amide bonds. The van der Waals surface area contributed by atoms with Crippen LogP contribution in [0.25, 0.3) is 0 Å². The van der Waals surface area contributed by atoms with Gasteiger partial charge in [-0.05, 0) is 35.7 Å². The van der Waals surface area contributed by atoms with E-state index in [0.29, 0.717) is 13.2 Å². The summed E-state index contributed by atoms with van der Waals surface area (Å²) in [6.07, 6.45) is 5.96. The highest BCUT2D eigenvalue weighted by atomic mass is 31.2. The molecule has 0 saturated carbocycles. The van der Waals surface area contributed by atoms with E-state index >= 15 is 0 Å². The fourth-order valence-electron chi connectivity index (χ4n) is 3.05. The first-order valence-corrected chi connectivity index (χ1v) is 15.1. The Morgan fingerprint density at radius 2 is 1.21 bits per heavy atom. The van der Waals surface area contributed by atoms with Gasteiger partial charge in [0.05, 0.1) is 6.61 Å². The molecule has 3 aromatic rings. The zero-order chi connectivity index (χ0) is 31.9. The van der Waals surface area contributed by atoms with Crippen molar-refractivity contribution in [3.63, 3.8) is 0 Å². The lowest BCUT2D eigenvalue weighted by molar-refractivity contribution is -0.243. The first-order chi connectivity index (χ1) is 20.5. The van der Waals surface area contributed by atoms with Crippen LogP contribution in [0.3, 0.4) is 0 Å². The van der Waals surface area contributed by atoms with Crippen LogP contribution in [-0.4, -0.2) is 79.9 Å². The molecule has 5 nitrogen and oxygen atoms in total. The number of carboxylic acid groups (broad SMARTS) is 1. The third-order valence-corrected chi connectivity index (χ3v) is 8.45. The molecule has 0 aliphatic rings. The van der Waals surface area contributed by atoms with E-state index in [9.17, 15) is 4.79 Å². The van der Waals surface area contributed by atoms with E-state index in [1.54, 1.807) is 12.3 Å². The Kier molecular flexibility index (Phi) is 29.0. The molecule has 0 aliphatic carbocycles. The van der Waals surface area contributed by atoms with Gasteiger partial charge in [-0.1, -0.05) is 116 Å². The second kappa shape index (κ2) is 29.5. The first-order valence-electron chi connectivity index (χ1n) is 13.3. The molecule has 10 radical (unpaired) electrons. The van der Waals surface area contributed by atoms with E-state index in [1.807, 2.05) is 39.0 Å². The van der Waals surface area contributed by atoms with Crippen molar-refractivity contribution in [1.29, 1.82) is 0 Å². The van der Waals surface area contributed by atoms with Crippen molar-refractivity contribution >= 4 is 79.3 Å². The molecule has 3 rings (SSSR count). The molecule has 0 heterocycles. The molecule has 42 heavy (non-hydrogen) atoms. The maximum Gasteiger partial charge on any atom is 0.327 e. The second-order valence-corrected chi connectivity index (χ2v) is 10.8. The van der Waals surface area contributed by atoms with Crippen LogP contribution in [0.2, 0.25) is 0 Å². The van der Waals surface area contributed by atoms with E-state index in [4.69, 9.17) is 35.5 Å². The first kappa shape index (κ1) is 41.2. The number of aliphatic hydroxyl groups is 1. The van der Waals surface area contributed by atoms with Gasteiger partial charge in [-0.25, -0.2) is 4.79 Å². The fraction of sp³-hybridized carbons (Fsp3) is 0.233. The zero-order valence-corrected chi connectivity index (χ0v) is 25.6.